The fourth-order valence-corrected chi connectivity index (χ4v) is 7.03. The van der Waals surface area contributed by atoms with Crippen molar-refractivity contribution in [1.29, 1.82) is 0 Å². The number of aromatic nitrogens is 4. The van der Waals surface area contributed by atoms with Crippen molar-refractivity contribution < 1.29 is 8.95 Å². The molecule has 0 amide bonds. The molecular formula is C21H25ClN6O2S. The first-order chi connectivity index (χ1) is 15.0. The molecule has 5 heterocycles. The SMILES string of the molecule is CN=S1(=O)CCC[C@H]1c1cc(N2CCOC[C@H]2C)nc(-c2cc(Cl)nc3[nH]ccc23)n1. The van der Waals surface area contributed by atoms with Gasteiger partial charge in [0, 0.05) is 42.6 Å². The lowest BCUT2D eigenvalue weighted by molar-refractivity contribution is 0.0985. The number of fused-ring (bicyclic) bond motifs is 1. The van der Waals surface area contributed by atoms with Gasteiger partial charge in [0.25, 0.3) is 0 Å². The number of H-pyrrole nitrogens is 1. The Morgan fingerprint density at radius 2 is 2.19 bits per heavy atom. The molecule has 1 unspecified atom stereocenters. The summed E-state index contributed by atoms with van der Waals surface area (Å²) in [5.74, 6) is 1.99. The molecule has 0 bridgehead atoms. The maximum atomic E-state index is 13.4. The number of aromatic amines is 1. The third-order valence-corrected chi connectivity index (χ3v) is 9.17. The molecular weight excluding hydrogens is 436 g/mol. The number of nitrogens with one attached hydrogen (secondary N) is 1. The third-order valence-electron chi connectivity index (χ3n) is 6.12. The Morgan fingerprint density at radius 3 is 3.00 bits per heavy atom. The zero-order valence-electron chi connectivity index (χ0n) is 17.5. The van der Waals surface area contributed by atoms with Gasteiger partial charge in [0.2, 0.25) is 0 Å². The average Bonchev–Trinajstić information content (AvgIpc) is 3.40. The minimum atomic E-state index is -2.34. The summed E-state index contributed by atoms with van der Waals surface area (Å²) in [7, 11) is -0.686. The predicted octanol–water partition coefficient (Wildman–Crippen LogP) is 3.83. The van der Waals surface area contributed by atoms with E-state index in [-0.39, 0.29) is 11.3 Å². The lowest BCUT2D eigenvalue weighted by Gasteiger charge is -2.34. The summed E-state index contributed by atoms with van der Waals surface area (Å²) in [6.45, 7) is 4.15. The normalized spacial score (nSPS) is 26.5. The standard InChI is InChI=1S/C21H25ClN6O2S/c1-13-12-30-8-7-28(13)19-11-16(17-4-3-9-31(17,29)23-2)25-21(27-19)15-10-18(22)26-20-14(15)5-6-24-20/h5-6,10-11,13,17H,3-4,7-9,12H2,1-2H3,(H,24,26)/t13-,17+,31?/m1/s1. The molecule has 3 aromatic rings. The summed E-state index contributed by atoms with van der Waals surface area (Å²) in [6.07, 6.45) is 3.51. The van der Waals surface area contributed by atoms with Gasteiger partial charge in [-0.1, -0.05) is 11.6 Å². The summed E-state index contributed by atoms with van der Waals surface area (Å²) in [5.41, 5.74) is 2.27. The van der Waals surface area contributed by atoms with Gasteiger partial charge in [-0.05, 0) is 31.9 Å². The van der Waals surface area contributed by atoms with Gasteiger partial charge in [-0.25, -0.2) is 23.5 Å². The van der Waals surface area contributed by atoms with Crippen molar-refractivity contribution in [2.45, 2.75) is 31.1 Å². The van der Waals surface area contributed by atoms with Gasteiger partial charge in [0.1, 0.15) is 16.6 Å². The van der Waals surface area contributed by atoms with Crippen LogP contribution in [0.15, 0.2) is 28.8 Å². The molecule has 3 aromatic heterocycles. The van der Waals surface area contributed by atoms with Crippen molar-refractivity contribution in [2.24, 2.45) is 4.36 Å². The molecule has 10 heteroatoms. The van der Waals surface area contributed by atoms with Crippen LogP contribution in [-0.2, 0) is 14.5 Å². The van der Waals surface area contributed by atoms with Gasteiger partial charge in [-0.2, -0.15) is 0 Å². The fraction of sp³-hybridized carbons (Fsp3) is 0.476. The van der Waals surface area contributed by atoms with Crippen LogP contribution >= 0.6 is 11.6 Å². The number of rotatable bonds is 3. The highest BCUT2D eigenvalue weighted by Gasteiger charge is 2.33. The van der Waals surface area contributed by atoms with Crippen molar-refractivity contribution >= 4 is 38.2 Å². The second-order valence-corrected chi connectivity index (χ2v) is 11.1. The molecule has 164 valence electrons. The van der Waals surface area contributed by atoms with Crippen LogP contribution in [0.1, 0.15) is 30.7 Å². The first-order valence-corrected chi connectivity index (χ1v) is 12.6. The first kappa shape index (κ1) is 20.7. The molecule has 5 rings (SSSR count). The molecule has 8 nitrogen and oxygen atoms in total. The Hall–Kier alpha value is -2.23. The zero-order chi connectivity index (χ0) is 21.6. The Bertz CT molecular complexity index is 1250. The minimum absolute atomic E-state index is 0.182. The van der Waals surface area contributed by atoms with Crippen LogP contribution in [0.5, 0.6) is 0 Å². The highest BCUT2D eigenvalue weighted by atomic mass is 35.5. The molecule has 1 N–H and O–H groups in total. The first-order valence-electron chi connectivity index (χ1n) is 10.5. The van der Waals surface area contributed by atoms with Crippen molar-refractivity contribution in [3.63, 3.8) is 0 Å². The molecule has 31 heavy (non-hydrogen) atoms. The topological polar surface area (TPSA) is 96.4 Å². The Morgan fingerprint density at radius 1 is 1.32 bits per heavy atom. The number of hydrogen-bond donors (Lipinski definition) is 1. The molecule has 0 saturated carbocycles. The smallest absolute Gasteiger partial charge is 0.162 e. The molecule has 2 saturated heterocycles. The van der Waals surface area contributed by atoms with E-state index in [9.17, 15) is 4.21 Å². The molecule has 2 aliphatic heterocycles. The average molecular weight is 461 g/mol. The Balaban J connectivity index is 1.72. The van der Waals surface area contributed by atoms with Crippen LogP contribution in [0, 0.1) is 0 Å². The van der Waals surface area contributed by atoms with Crippen LogP contribution in [-0.4, -0.2) is 62.7 Å². The van der Waals surface area contributed by atoms with Crippen LogP contribution in [0.4, 0.5) is 5.82 Å². The van der Waals surface area contributed by atoms with E-state index in [1.165, 1.54) is 0 Å². The number of morpholine rings is 1. The second kappa shape index (κ2) is 8.03. The largest absolute Gasteiger partial charge is 0.377 e. The van der Waals surface area contributed by atoms with E-state index in [1.807, 2.05) is 18.3 Å². The number of ether oxygens (including phenoxy) is 1. The highest BCUT2D eigenvalue weighted by molar-refractivity contribution is 7.94. The molecule has 2 aliphatic rings. The Kier molecular flexibility index (Phi) is 5.35. The number of anilines is 1. The van der Waals surface area contributed by atoms with E-state index >= 15 is 0 Å². The van der Waals surface area contributed by atoms with Crippen LogP contribution in [0.2, 0.25) is 5.15 Å². The van der Waals surface area contributed by atoms with Gasteiger partial charge in [-0.15, -0.1) is 0 Å². The minimum Gasteiger partial charge on any atom is -0.377 e. The second-order valence-electron chi connectivity index (χ2n) is 8.03. The van der Waals surface area contributed by atoms with Gasteiger partial charge < -0.3 is 14.6 Å². The van der Waals surface area contributed by atoms with Crippen molar-refractivity contribution in [3.8, 4) is 11.4 Å². The van der Waals surface area contributed by atoms with Gasteiger partial charge in [-0.3, -0.25) is 0 Å². The number of hydrogen-bond acceptors (Lipinski definition) is 7. The Labute approximate surface area is 186 Å². The van der Waals surface area contributed by atoms with Gasteiger partial charge in [0.15, 0.2) is 5.82 Å². The summed E-state index contributed by atoms with van der Waals surface area (Å²) < 4.78 is 23.3. The van der Waals surface area contributed by atoms with E-state index in [0.29, 0.717) is 35.6 Å². The fourth-order valence-electron chi connectivity index (χ4n) is 4.50. The van der Waals surface area contributed by atoms with E-state index in [0.717, 1.165) is 41.8 Å². The van der Waals surface area contributed by atoms with Crippen molar-refractivity contribution in [2.75, 3.05) is 37.5 Å². The molecule has 0 aliphatic carbocycles. The molecule has 0 aromatic carbocycles. The van der Waals surface area contributed by atoms with Crippen molar-refractivity contribution in [1.82, 2.24) is 19.9 Å². The number of pyridine rings is 1. The zero-order valence-corrected chi connectivity index (χ0v) is 19.1. The van der Waals surface area contributed by atoms with Crippen LogP contribution in [0.3, 0.4) is 0 Å². The van der Waals surface area contributed by atoms with E-state index in [1.54, 1.807) is 13.1 Å². The quantitative estimate of drug-likeness (QED) is 0.596. The monoisotopic (exact) mass is 460 g/mol. The lowest BCUT2D eigenvalue weighted by Crippen LogP contribution is -2.44. The van der Waals surface area contributed by atoms with E-state index < -0.39 is 9.73 Å². The molecule has 3 atom stereocenters. The third kappa shape index (κ3) is 3.68. The molecule has 0 radical (unpaired) electrons. The van der Waals surface area contributed by atoms with Gasteiger partial charge >= 0.3 is 0 Å². The molecule has 2 fully saturated rings. The molecule has 0 spiro atoms. The van der Waals surface area contributed by atoms with Gasteiger partial charge in [0.05, 0.1) is 39.9 Å². The summed E-state index contributed by atoms with van der Waals surface area (Å²) in [6, 6.07) is 5.91. The summed E-state index contributed by atoms with van der Waals surface area (Å²) >= 11 is 6.30. The van der Waals surface area contributed by atoms with Crippen molar-refractivity contribution in [3.05, 3.63) is 35.2 Å². The van der Waals surface area contributed by atoms with Crippen LogP contribution in [0.25, 0.3) is 22.4 Å². The van der Waals surface area contributed by atoms with E-state index in [4.69, 9.17) is 26.3 Å². The highest BCUT2D eigenvalue weighted by Crippen LogP contribution is 2.38. The number of nitrogens with zero attached hydrogens (tertiary/aromatic N) is 5. The maximum absolute atomic E-state index is 13.4. The van der Waals surface area contributed by atoms with E-state index in [2.05, 4.69) is 26.2 Å². The summed E-state index contributed by atoms with van der Waals surface area (Å²) in [4.78, 5) is 19.5. The predicted molar refractivity (Wildman–Crippen MR) is 123 cm³/mol. The van der Waals surface area contributed by atoms with Crippen LogP contribution < -0.4 is 4.90 Å². The lowest BCUT2D eigenvalue weighted by atomic mass is 10.1. The summed E-state index contributed by atoms with van der Waals surface area (Å²) in [5, 5.41) is 1.07. The number of halogens is 1. The maximum Gasteiger partial charge on any atom is 0.162 e.